The van der Waals surface area contributed by atoms with Crippen LogP contribution in [0.25, 0.3) is 0 Å². The molecule has 3 nitrogen and oxygen atoms in total. The third-order valence-corrected chi connectivity index (χ3v) is 4.97. The van der Waals surface area contributed by atoms with Crippen LogP contribution in [0.15, 0.2) is 84.9 Å². The summed E-state index contributed by atoms with van der Waals surface area (Å²) in [5.74, 6) is 0.212. The Bertz CT molecular complexity index is 877. The van der Waals surface area contributed by atoms with E-state index < -0.39 is 0 Å². The van der Waals surface area contributed by atoms with E-state index in [1.54, 1.807) is 0 Å². The largest absolute Gasteiger partial charge is 0.334 e. The third-order valence-electron chi connectivity index (χ3n) is 4.97. The number of amides is 2. The Morgan fingerprint density at radius 3 is 2.31 bits per heavy atom. The van der Waals surface area contributed by atoms with Crippen LogP contribution in [0.1, 0.15) is 28.2 Å². The van der Waals surface area contributed by atoms with Crippen LogP contribution in [0, 0.1) is 0 Å². The Balaban J connectivity index is 1.54. The number of carbonyl (C=O) groups excluding carboxylic acids is 1. The number of rotatable bonds is 3. The summed E-state index contributed by atoms with van der Waals surface area (Å²) >= 11 is 0. The predicted octanol–water partition coefficient (Wildman–Crippen LogP) is 4.54. The SMILES string of the molecule is O=C(NCc1ccccc1)N1Cc2ccccc2[C@H](c2ccccc2)C1. The van der Waals surface area contributed by atoms with Gasteiger partial charge in [0.2, 0.25) is 0 Å². The Morgan fingerprint density at radius 1 is 0.885 bits per heavy atom. The maximum absolute atomic E-state index is 12.8. The van der Waals surface area contributed by atoms with Crippen LogP contribution >= 0.6 is 0 Å². The van der Waals surface area contributed by atoms with Crippen molar-refractivity contribution in [2.45, 2.75) is 19.0 Å². The van der Waals surface area contributed by atoms with E-state index >= 15 is 0 Å². The lowest BCUT2D eigenvalue weighted by molar-refractivity contribution is 0.188. The minimum atomic E-state index is -0.00992. The van der Waals surface area contributed by atoms with Gasteiger partial charge in [0, 0.05) is 25.6 Å². The van der Waals surface area contributed by atoms with Crippen LogP contribution in [0.5, 0.6) is 0 Å². The van der Waals surface area contributed by atoms with Crippen LogP contribution in [0.3, 0.4) is 0 Å². The summed E-state index contributed by atoms with van der Waals surface area (Å²) < 4.78 is 0. The zero-order valence-corrected chi connectivity index (χ0v) is 14.6. The molecule has 26 heavy (non-hydrogen) atoms. The molecule has 3 aromatic rings. The molecule has 1 N–H and O–H groups in total. The number of fused-ring (bicyclic) bond motifs is 1. The van der Waals surface area contributed by atoms with Gasteiger partial charge in [-0.05, 0) is 22.3 Å². The first kappa shape index (κ1) is 16.4. The second-order valence-electron chi connectivity index (χ2n) is 6.69. The van der Waals surface area contributed by atoms with Crippen molar-refractivity contribution in [2.24, 2.45) is 0 Å². The van der Waals surface area contributed by atoms with Crippen LogP contribution in [0.2, 0.25) is 0 Å². The van der Waals surface area contributed by atoms with E-state index in [0.717, 1.165) is 5.56 Å². The summed E-state index contributed by atoms with van der Waals surface area (Å²) in [6, 6.07) is 28.9. The summed E-state index contributed by atoms with van der Waals surface area (Å²) in [6.07, 6.45) is 0. The molecule has 0 saturated carbocycles. The molecule has 3 aromatic carbocycles. The van der Waals surface area contributed by atoms with Gasteiger partial charge in [-0.15, -0.1) is 0 Å². The number of carbonyl (C=O) groups is 1. The fourth-order valence-corrected chi connectivity index (χ4v) is 3.62. The van der Waals surface area contributed by atoms with Crippen molar-refractivity contribution in [3.8, 4) is 0 Å². The summed E-state index contributed by atoms with van der Waals surface area (Å²) in [5.41, 5.74) is 4.91. The molecule has 0 radical (unpaired) electrons. The number of urea groups is 1. The Kier molecular flexibility index (Phi) is 4.69. The number of hydrogen-bond acceptors (Lipinski definition) is 1. The molecule has 1 aliphatic heterocycles. The lowest BCUT2D eigenvalue weighted by atomic mass is 9.85. The first-order chi connectivity index (χ1) is 12.8. The minimum absolute atomic E-state index is 0.00992. The van der Waals surface area contributed by atoms with Crippen LogP contribution in [0.4, 0.5) is 4.79 Å². The van der Waals surface area contributed by atoms with Crippen molar-refractivity contribution < 1.29 is 4.79 Å². The fourth-order valence-electron chi connectivity index (χ4n) is 3.62. The smallest absolute Gasteiger partial charge is 0.317 e. The maximum atomic E-state index is 12.8. The number of nitrogens with zero attached hydrogens (tertiary/aromatic N) is 1. The fraction of sp³-hybridized carbons (Fsp3) is 0.174. The van der Waals surface area contributed by atoms with Crippen molar-refractivity contribution in [1.29, 1.82) is 0 Å². The highest BCUT2D eigenvalue weighted by molar-refractivity contribution is 5.75. The average molecular weight is 342 g/mol. The normalized spacial score (nSPS) is 16.0. The second kappa shape index (κ2) is 7.44. The van der Waals surface area contributed by atoms with Crippen molar-refractivity contribution in [2.75, 3.05) is 6.54 Å². The van der Waals surface area contributed by atoms with E-state index in [0.29, 0.717) is 19.6 Å². The zero-order chi connectivity index (χ0) is 17.8. The topological polar surface area (TPSA) is 32.3 Å². The first-order valence-electron chi connectivity index (χ1n) is 9.01. The van der Waals surface area contributed by atoms with Gasteiger partial charge in [-0.25, -0.2) is 4.79 Å². The van der Waals surface area contributed by atoms with Gasteiger partial charge in [0.25, 0.3) is 0 Å². The quantitative estimate of drug-likeness (QED) is 0.744. The molecular formula is C23H22N2O. The Hall–Kier alpha value is -3.07. The summed E-state index contributed by atoms with van der Waals surface area (Å²) in [7, 11) is 0. The molecule has 130 valence electrons. The Morgan fingerprint density at radius 2 is 1.54 bits per heavy atom. The van der Waals surface area contributed by atoms with E-state index in [2.05, 4.69) is 47.8 Å². The molecule has 0 fully saturated rings. The summed E-state index contributed by atoms with van der Waals surface area (Å²) in [6.45, 7) is 1.90. The van der Waals surface area contributed by atoms with Crippen LogP contribution in [-0.4, -0.2) is 17.5 Å². The van der Waals surface area contributed by atoms with Crippen LogP contribution in [-0.2, 0) is 13.1 Å². The standard InChI is InChI=1S/C23H22N2O/c26-23(24-15-18-9-3-1-4-10-18)25-16-20-13-7-8-14-21(20)22(17-25)19-11-5-2-6-12-19/h1-14,22H,15-17H2,(H,24,26)/t22-/m0/s1. The average Bonchev–Trinajstić information content (AvgIpc) is 2.72. The first-order valence-corrected chi connectivity index (χ1v) is 9.01. The minimum Gasteiger partial charge on any atom is -0.334 e. The highest BCUT2D eigenvalue weighted by atomic mass is 16.2. The van der Waals surface area contributed by atoms with E-state index in [1.165, 1.54) is 16.7 Å². The van der Waals surface area contributed by atoms with E-state index in [1.807, 2.05) is 47.4 Å². The third kappa shape index (κ3) is 3.47. The number of nitrogens with one attached hydrogen (secondary N) is 1. The van der Waals surface area contributed by atoms with Crippen molar-refractivity contribution >= 4 is 6.03 Å². The molecule has 1 heterocycles. The van der Waals surface area contributed by atoms with Gasteiger partial charge in [-0.2, -0.15) is 0 Å². The van der Waals surface area contributed by atoms with Crippen molar-refractivity contribution in [1.82, 2.24) is 10.2 Å². The van der Waals surface area contributed by atoms with Gasteiger partial charge in [0.15, 0.2) is 0 Å². The highest BCUT2D eigenvalue weighted by Crippen LogP contribution is 2.33. The van der Waals surface area contributed by atoms with Gasteiger partial charge in [0.1, 0.15) is 0 Å². The predicted molar refractivity (Wildman–Crippen MR) is 104 cm³/mol. The molecule has 0 bridgehead atoms. The zero-order valence-electron chi connectivity index (χ0n) is 14.6. The Labute approximate surface area is 154 Å². The van der Waals surface area contributed by atoms with E-state index in [4.69, 9.17) is 0 Å². The molecular weight excluding hydrogens is 320 g/mol. The molecule has 0 aromatic heterocycles. The maximum Gasteiger partial charge on any atom is 0.317 e. The monoisotopic (exact) mass is 342 g/mol. The highest BCUT2D eigenvalue weighted by Gasteiger charge is 2.28. The van der Waals surface area contributed by atoms with Gasteiger partial charge in [-0.3, -0.25) is 0 Å². The molecule has 0 aliphatic carbocycles. The molecule has 0 unspecified atom stereocenters. The van der Waals surface area contributed by atoms with Crippen molar-refractivity contribution in [3.05, 3.63) is 107 Å². The van der Waals surface area contributed by atoms with E-state index in [-0.39, 0.29) is 11.9 Å². The second-order valence-corrected chi connectivity index (χ2v) is 6.69. The van der Waals surface area contributed by atoms with Gasteiger partial charge in [0.05, 0.1) is 0 Å². The molecule has 1 aliphatic rings. The molecule has 3 heteroatoms. The lowest BCUT2D eigenvalue weighted by Crippen LogP contribution is -2.44. The molecule has 4 rings (SSSR count). The number of hydrogen-bond donors (Lipinski definition) is 1. The molecule has 1 atom stereocenters. The van der Waals surface area contributed by atoms with Gasteiger partial charge in [-0.1, -0.05) is 84.9 Å². The van der Waals surface area contributed by atoms with E-state index in [9.17, 15) is 4.79 Å². The summed E-state index contributed by atoms with van der Waals surface area (Å²) in [5, 5.41) is 3.06. The molecule has 0 spiro atoms. The van der Waals surface area contributed by atoms with Crippen molar-refractivity contribution in [3.63, 3.8) is 0 Å². The van der Waals surface area contributed by atoms with Gasteiger partial charge >= 0.3 is 6.03 Å². The molecule has 0 saturated heterocycles. The lowest BCUT2D eigenvalue weighted by Gasteiger charge is -2.35. The van der Waals surface area contributed by atoms with Gasteiger partial charge < -0.3 is 10.2 Å². The summed E-state index contributed by atoms with van der Waals surface area (Å²) in [4.78, 5) is 14.7. The molecule has 2 amide bonds. The van der Waals surface area contributed by atoms with Crippen LogP contribution < -0.4 is 5.32 Å². The number of benzene rings is 3.